The summed E-state index contributed by atoms with van der Waals surface area (Å²) in [5.74, 6) is 0. The zero-order valence-electron chi connectivity index (χ0n) is 8.54. The second-order valence-corrected chi connectivity index (χ2v) is 3.57. The Morgan fingerprint density at radius 3 is 2.93 bits per heavy atom. The van der Waals surface area contributed by atoms with Crippen molar-refractivity contribution in [2.45, 2.75) is 19.4 Å². The molecule has 1 unspecified atom stereocenters. The van der Waals surface area contributed by atoms with E-state index in [1.807, 2.05) is 19.2 Å². The lowest BCUT2D eigenvalue weighted by molar-refractivity contribution is 0.733. The molecule has 1 atom stereocenters. The fourth-order valence-electron chi connectivity index (χ4n) is 1.42. The lowest BCUT2D eigenvalue weighted by atomic mass is 10.1. The normalized spacial score (nSPS) is 12.7. The number of hydrogen-bond acceptors (Lipinski definition) is 4. The minimum absolute atomic E-state index is 0.137. The molecule has 0 spiro atoms. The maximum Gasteiger partial charge on any atom is 0.138 e. The van der Waals surface area contributed by atoms with E-state index in [2.05, 4.69) is 15.1 Å². The molecular weight excluding hydrogens is 190 g/mol. The van der Waals surface area contributed by atoms with E-state index in [9.17, 15) is 0 Å². The van der Waals surface area contributed by atoms with E-state index in [4.69, 9.17) is 5.73 Å². The largest absolute Gasteiger partial charge is 0.328 e. The summed E-state index contributed by atoms with van der Waals surface area (Å²) in [6.07, 6.45) is 7.53. The van der Waals surface area contributed by atoms with E-state index in [0.29, 0.717) is 0 Å². The third kappa shape index (κ3) is 2.38. The minimum Gasteiger partial charge on any atom is -0.328 e. The van der Waals surface area contributed by atoms with Crippen molar-refractivity contribution in [3.8, 4) is 5.69 Å². The highest BCUT2D eigenvalue weighted by molar-refractivity contribution is 5.30. The fraction of sp³-hybridized carbons (Fsp3) is 0.300. The van der Waals surface area contributed by atoms with Gasteiger partial charge in [-0.3, -0.25) is 4.98 Å². The van der Waals surface area contributed by atoms with Gasteiger partial charge in [0.05, 0.1) is 11.9 Å². The van der Waals surface area contributed by atoms with Gasteiger partial charge in [0.2, 0.25) is 0 Å². The highest BCUT2D eigenvalue weighted by Crippen LogP contribution is 2.08. The second kappa shape index (κ2) is 4.18. The quantitative estimate of drug-likeness (QED) is 0.791. The molecule has 78 valence electrons. The van der Waals surface area contributed by atoms with Crippen LogP contribution < -0.4 is 5.73 Å². The molecule has 0 amide bonds. The minimum atomic E-state index is 0.137. The summed E-state index contributed by atoms with van der Waals surface area (Å²) in [4.78, 5) is 8.04. The van der Waals surface area contributed by atoms with Crippen molar-refractivity contribution in [3.63, 3.8) is 0 Å². The van der Waals surface area contributed by atoms with E-state index in [1.165, 1.54) is 6.33 Å². The summed E-state index contributed by atoms with van der Waals surface area (Å²) >= 11 is 0. The summed E-state index contributed by atoms with van der Waals surface area (Å²) in [6.45, 7) is 1.97. The Labute approximate surface area is 88.0 Å². The van der Waals surface area contributed by atoms with E-state index >= 15 is 0 Å². The standard InChI is InChI=1S/C10H13N5/c1-8(11)2-9-3-10(5-12-4-9)15-7-13-6-14-15/h3-8H,2,11H2,1H3. The van der Waals surface area contributed by atoms with Crippen LogP contribution in [0.15, 0.2) is 31.1 Å². The molecule has 2 aromatic rings. The van der Waals surface area contributed by atoms with Crippen molar-refractivity contribution in [1.29, 1.82) is 0 Å². The summed E-state index contributed by atoms with van der Waals surface area (Å²) in [5, 5.41) is 4.04. The van der Waals surface area contributed by atoms with Crippen molar-refractivity contribution < 1.29 is 0 Å². The summed E-state index contributed by atoms with van der Waals surface area (Å²) < 4.78 is 1.68. The van der Waals surface area contributed by atoms with Crippen LogP contribution in [0.4, 0.5) is 0 Å². The van der Waals surface area contributed by atoms with Crippen LogP contribution in [0, 0.1) is 0 Å². The van der Waals surface area contributed by atoms with E-state index in [-0.39, 0.29) is 6.04 Å². The molecule has 2 heterocycles. The number of nitrogens with zero attached hydrogens (tertiary/aromatic N) is 4. The van der Waals surface area contributed by atoms with Crippen LogP contribution in [-0.4, -0.2) is 25.8 Å². The van der Waals surface area contributed by atoms with E-state index in [1.54, 1.807) is 17.2 Å². The van der Waals surface area contributed by atoms with Gasteiger partial charge in [-0.15, -0.1) is 0 Å². The average Bonchev–Trinajstić information content (AvgIpc) is 2.69. The Morgan fingerprint density at radius 2 is 2.27 bits per heavy atom. The van der Waals surface area contributed by atoms with Crippen molar-refractivity contribution in [1.82, 2.24) is 19.7 Å². The number of rotatable bonds is 3. The number of nitrogens with two attached hydrogens (primary N) is 1. The van der Waals surface area contributed by atoms with Crippen molar-refractivity contribution >= 4 is 0 Å². The van der Waals surface area contributed by atoms with Crippen LogP contribution in [0.25, 0.3) is 5.69 Å². The molecule has 2 N–H and O–H groups in total. The first-order valence-corrected chi connectivity index (χ1v) is 4.80. The zero-order valence-corrected chi connectivity index (χ0v) is 8.54. The third-order valence-electron chi connectivity index (χ3n) is 2.02. The number of hydrogen-bond donors (Lipinski definition) is 1. The Balaban J connectivity index is 2.27. The molecule has 5 nitrogen and oxygen atoms in total. The van der Waals surface area contributed by atoms with Gasteiger partial charge in [0, 0.05) is 12.2 Å². The number of aromatic nitrogens is 4. The Morgan fingerprint density at radius 1 is 1.40 bits per heavy atom. The third-order valence-corrected chi connectivity index (χ3v) is 2.02. The molecule has 0 fully saturated rings. The molecule has 5 heteroatoms. The van der Waals surface area contributed by atoms with Crippen LogP contribution in [0.2, 0.25) is 0 Å². The maximum absolute atomic E-state index is 5.73. The molecule has 0 aliphatic rings. The van der Waals surface area contributed by atoms with Gasteiger partial charge in [-0.1, -0.05) is 0 Å². The van der Waals surface area contributed by atoms with Crippen molar-refractivity contribution in [2.75, 3.05) is 0 Å². The molecule has 2 rings (SSSR count). The van der Waals surface area contributed by atoms with Gasteiger partial charge in [0.15, 0.2) is 0 Å². The highest BCUT2D eigenvalue weighted by Gasteiger charge is 2.01. The van der Waals surface area contributed by atoms with Crippen LogP contribution in [0.5, 0.6) is 0 Å². The summed E-state index contributed by atoms with van der Waals surface area (Å²) in [5.41, 5.74) is 7.75. The first kappa shape index (κ1) is 9.79. The second-order valence-electron chi connectivity index (χ2n) is 3.57. The highest BCUT2D eigenvalue weighted by atomic mass is 15.3. The molecule has 0 bridgehead atoms. The fourth-order valence-corrected chi connectivity index (χ4v) is 1.42. The van der Waals surface area contributed by atoms with Gasteiger partial charge in [-0.05, 0) is 25.0 Å². The monoisotopic (exact) mass is 203 g/mol. The first-order chi connectivity index (χ1) is 7.25. The van der Waals surface area contributed by atoms with Crippen molar-refractivity contribution in [2.24, 2.45) is 5.73 Å². The SMILES string of the molecule is CC(N)Cc1cncc(-n2cncn2)c1. The van der Waals surface area contributed by atoms with Gasteiger partial charge < -0.3 is 5.73 Å². The lowest BCUT2D eigenvalue weighted by Crippen LogP contribution is -2.18. The van der Waals surface area contributed by atoms with Gasteiger partial charge in [-0.25, -0.2) is 9.67 Å². The summed E-state index contributed by atoms with van der Waals surface area (Å²) in [7, 11) is 0. The molecule has 0 saturated carbocycles. The molecule has 15 heavy (non-hydrogen) atoms. The molecule has 0 aliphatic heterocycles. The van der Waals surface area contributed by atoms with Crippen LogP contribution >= 0.6 is 0 Å². The predicted molar refractivity (Wildman–Crippen MR) is 56.5 cm³/mol. The Bertz CT molecular complexity index is 421. The Kier molecular flexibility index (Phi) is 2.73. The smallest absolute Gasteiger partial charge is 0.138 e. The topological polar surface area (TPSA) is 69.6 Å². The van der Waals surface area contributed by atoms with E-state index < -0.39 is 0 Å². The molecule has 0 saturated heterocycles. The molecule has 0 aliphatic carbocycles. The predicted octanol–water partition coefficient (Wildman–Crippen LogP) is 0.552. The molecular formula is C10H13N5. The molecule has 0 radical (unpaired) electrons. The van der Waals surface area contributed by atoms with Crippen molar-refractivity contribution in [3.05, 3.63) is 36.7 Å². The zero-order chi connectivity index (χ0) is 10.7. The first-order valence-electron chi connectivity index (χ1n) is 4.80. The van der Waals surface area contributed by atoms with Gasteiger partial charge in [0.25, 0.3) is 0 Å². The van der Waals surface area contributed by atoms with Gasteiger partial charge in [-0.2, -0.15) is 5.10 Å². The van der Waals surface area contributed by atoms with Gasteiger partial charge >= 0.3 is 0 Å². The lowest BCUT2D eigenvalue weighted by Gasteiger charge is -2.06. The van der Waals surface area contributed by atoms with Crippen LogP contribution in [0.1, 0.15) is 12.5 Å². The van der Waals surface area contributed by atoms with E-state index in [0.717, 1.165) is 17.7 Å². The maximum atomic E-state index is 5.73. The van der Waals surface area contributed by atoms with Gasteiger partial charge in [0.1, 0.15) is 12.7 Å². The van der Waals surface area contributed by atoms with Crippen LogP contribution in [0.3, 0.4) is 0 Å². The summed E-state index contributed by atoms with van der Waals surface area (Å²) in [6, 6.07) is 2.16. The average molecular weight is 203 g/mol. The number of pyridine rings is 1. The van der Waals surface area contributed by atoms with Crippen LogP contribution in [-0.2, 0) is 6.42 Å². The Hall–Kier alpha value is -1.75. The molecule has 0 aromatic carbocycles. The molecule has 2 aromatic heterocycles.